The minimum atomic E-state index is -0.901. The average molecular weight is 417 g/mol. The van der Waals surface area contributed by atoms with E-state index in [1.165, 1.54) is 12.0 Å². The Morgan fingerprint density at radius 3 is 2.35 bits per heavy atom. The fraction of sp³-hybridized carbons (Fsp3) is 0.200. The molecule has 1 aliphatic heterocycles. The molecule has 0 bridgehead atoms. The molecule has 1 aliphatic rings. The smallest absolute Gasteiger partial charge is 0.300 e. The summed E-state index contributed by atoms with van der Waals surface area (Å²) in [6.45, 7) is 5.53. The van der Waals surface area contributed by atoms with Gasteiger partial charge in [0.25, 0.3) is 11.7 Å². The van der Waals surface area contributed by atoms with Gasteiger partial charge in [-0.1, -0.05) is 24.3 Å². The quantitative estimate of drug-likeness (QED) is 0.373. The third-order valence-electron chi connectivity index (χ3n) is 5.39. The number of rotatable bonds is 4. The van der Waals surface area contributed by atoms with E-state index in [0.717, 1.165) is 11.1 Å². The number of furan rings is 1. The van der Waals surface area contributed by atoms with Crippen LogP contribution in [0.5, 0.6) is 5.75 Å². The lowest BCUT2D eigenvalue weighted by Gasteiger charge is -2.23. The van der Waals surface area contributed by atoms with Crippen LogP contribution in [0, 0.1) is 20.8 Å². The monoisotopic (exact) mass is 417 g/mol. The highest BCUT2D eigenvalue weighted by molar-refractivity contribution is 6.51. The summed E-state index contributed by atoms with van der Waals surface area (Å²) in [5.41, 5.74) is 2.56. The summed E-state index contributed by atoms with van der Waals surface area (Å²) in [6, 6.07) is 15.1. The number of benzene rings is 2. The number of hydrogen-bond donors (Lipinski definition) is 1. The molecule has 6 heteroatoms. The number of carbonyl (C=O) groups is 2. The fourth-order valence-corrected chi connectivity index (χ4v) is 4.10. The lowest BCUT2D eigenvalue weighted by molar-refractivity contribution is -0.132. The third kappa shape index (κ3) is 3.40. The van der Waals surface area contributed by atoms with Gasteiger partial charge in [0.1, 0.15) is 29.1 Å². The summed E-state index contributed by atoms with van der Waals surface area (Å²) >= 11 is 0. The van der Waals surface area contributed by atoms with E-state index < -0.39 is 17.7 Å². The first-order valence-corrected chi connectivity index (χ1v) is 9.91. The Bertz CT molecular complexity index is 1210. The van der Waals surface area contributed by atoms with Crippen molar-refractivity contribution >= 4 is 23.1 Å². The van der Waals surface area contributed by atoms with E-state index in [2.05, 4.69) is 0 Å². The van der Waals surface area contributed by atoms with Crippen LogP contribution in [0.15, 0.2) is 64.6 Å². The summed E-state index contributed by atoms with van der Waals surface area (Å²) in [4.78, 5) is 27.6. The topological polar surface area (TPSA) is 80.0 Å². The van der Waals surface area contributed by atoms with Crippen molar-refractivity contribution in [2.75, 3.05) is 12.0 Å². The van der Waals surface area contributed by atoms with E-state index in [9.17, 15) is 14.7 Å². The molecule has 158 valence electrons. The van der Waals surface area contributed by atoms with Crippen molar-refractivity contribution in [1.29, 1.82) is 0 Å². The molecule has 1 amide bonds. The molecule has 6 nitrogen and oxygen atoms in total. The molecular weight excluding hydrogens is 394 g/mol. The second-order valence-electron chi connectivity index (χ2n) is 7.62. The van der Waals surface area contributed by atoms with Gasteiger partial charge in [-0.3, -0.25) is 14.5 Å². The van der Waals surface area contributed by atoms with Crippen molar-refractivity contribution < 1.29 is 23.8 Å². The lowest BCUT2D eigenvalue weighted by atomic mass is 9.96. The number of aliphatic hydroxyl groups is 1. The van der Waals surface area contributed by atoms with Gasteiger partial charge in [-0.25, -0.2) is 0 Å². The number of para-hydroxylation sites is 1. The summed E-state index contributed by atoms with van der Waals surface area (Å²) in [6.07, 6.45) is 0. The number of anilines is 1. The van der Waals surface area contributed by atoms with E-state index in [1.54, 1.807) is 49.4 Å². The van der Waals surface area contributed by atoms with Crippen molar-refractivity contribution in [1.82, 2.24) is 0 Å². The minimum Gasteiger partial charge on any atom is -0.507 e. The lowest BCUT2D eigenvalue weighted by Crippen LogP contribution is -2.29. The maximum atomic E-state index is 13.2. The Kier molecular flexibility index (Phi) is 5.15. The number of ether oxygens (including phenoxy) is 1. The van der Waals surface area contributed by atoms with Crippen LogP contribution in [0.1, 0.15) is 34.3 Å². The molecule has 4 rings (SSSR count). The summed E-state index contributed by atoms with van der Waals surface area (Å²) in [7, 11) is 1.50. The summed E-state index contributed by atoms with van der Waals surface area (Å²) in [5, 5.41) is 11.3. The highest BCUT2D eigenvalue weighted by Gasteiger charge is 2.48. The number of Topliss-reactive ketones (excluding diaryl/α,β-unsaturated/α-hetero) is 1. The van der Waals surface area contributed by atoms with Gasteiger partial charge in [0.2, 0.25) is 0 Å². The van der Waals surface area contributed by atoms with E-state index >= 15 is 0 Å². The maximum Gasteiger partial charge on any atom is 0.300 e. The van der Waals surface area contributed by atoms with Crippen LogP contribution in [0.25, 0.3) is 5.76 Å². The molecule has 0 spiro atoms. The van der Waals surface area contributed by atoms with Crippen LogP contribution in [-0.4, -0.2) is 23.9 Å². The molecule has 1 atom stereocenters. The number of aliphatic hydroxyl groups excluding tert-OH is 1. The van der Waals surface area contributed by atoms with E-state index in [4.69, 9.17) is 9.15 Å². The molecular formula is C25H23NO5. The van der Waals surface area contributed by atoms with Crippen molar-refractivity contribution in [2.24, 2.45) is 0 Å². The Morgan fingerprint density at radius 2 is 1.74 bits per heavy atom. The first-order chi connectivity index (χ1) is 14.8. The molecule has 1 fully saturated rings. The Morgan fingerprint density at radius 1 is 1.03 bits per heavy atom. The van der Waals surface area contributed by atoms with Crippen LogP contribution in [-0.2, 0) is 9.59 Å². The van der Waals surface area contributed by atoms with E-state index in [0.29, 0.717) is 28.5 Å². The molecule has 3 aromatic rings. The largest absolute Gasteiger partial charge is 0.507 e. The summed E-state index contributed by atoms with van der Waals surface area (Å²) in [5.74, 6) is -0.317. The molecule has 31 heavy (non-hydrogen) atoms. The van der Waals surface area contributed by atoms with Gasteiger partial charge >= 0.3 is 0 Å². The standard InChI is InChI=1S/C25H23NO5/c1-14-12-15(2)24(30-4)18(13-14)22(27)20-21(19-11-10-16(3)31-19)26(25(29)23(20)28)17-8-6-5-7-9-17/h5-13,21,27H,1-4H3/b22-20+. The zero-order valence-corrected chi connectivity index (χ0v) is 17.8. The Labute approximate surface area is 180 Å². The predicted molar refractivity (Wildman–Crippen MR) is 117 cm³/mol. The third-order valence-corrected chi connectivity index (χ3v) is 5.39. The van der Waals surface area contributed by atoms with Gasteiger partial charge in [0, 0.05) is 5.69 Å². The molecule has 2 aromatic carbocycles. The van der Waals surface area contributed by atoms with Crippen LogP contribution >= 0.6 is 0 Å². The van der Waals surface area contributed by atoms with Crippen LogP contribution < -0.4 is 9.64 Å². The molecule has 0 aliphatic carbocycles. The fourth-order valence-electron chi connectivity index (χ4n) is 4.10. The van der Waals surface area contributed by atoms with E-state index in [1.807, 2.05) is 26.0 Å². The van der Waals surface area contributed by atoms with Gasteiger partial charge in [0.15, 0.2) is 0 Å². The Balaban J connectivity index is 2.00. The van der Waals surface area contributed by atoms with E-state index in [-0.39, 0.29) is 11.3 Å². The van der Waals surface area contributed by atoms with Crippen LogP contribution in [0.3, 0.4) is 0 Å². The van der Waals surface area contributed by atoms with Crippen molar-refractivity contribution in [2.45, 2.75) is 26.8 Å². The highest BCUT2D eigenvalue weighted by Crippen LogP contribution is 2.44. The number of aryl methyl sites for hydroxylation is 3. The second-order valence-corrected chi connectivity index (χ2v) is 7.62. The van der Waals surface area contributed by atoms with Crippen molar-refractivity contribution in [3.8, 4) is 5.75 Å². The van der Waals surface area contributed by atoms with Gasteiger partial charge < -0.3 is 14.3 Å². The Hall–Kier alpha value is -3.80. The number of methoxy groups -OCH3 is 1. The number of hydrogen-bond acceptors (Lipinski definition) is 5. The first kappa shape index (κ1) is 20.5. The molecule has 0 radical (unpaired) electrons. The van der Waals surface area contributed by atoms with Crippen LogP contribution in [0.4, 0.5) is 5.69 Å². The number of amides is 1. The van der Waals surface area contributed by atoms with Gasteiger partial charge in [-0.15, -0.1) is 0 Å². The molecule has 1 unspecified atom stereocenters. The molecule has 1 N–H and O–H groups in total. The van der Waals surface area contributed by atoms with Crippen LogP contribution in [0.2, 0.25) is 0 Å². The zero-order chi connectivity index (χ0) is 22.3. The first-order valence-electron chi connectivity index (χ1n) is 9.91. The second kappa shape index (κ2) is 7.80. The number of nitrogens with zero attached hydrogens (tertiary/aromatic N) is 1. The number of carbonyl (C=O) groups excluding carboxylic acids is 2. The normalized spacial score (nSPS) is 17.9. The molecule has 0 saturated carbocycles. The maximum absolute atomic E-state index is 13.2. The summed E-state index contributed by atoms with van der Waals surface area (Å²) < 4.78 is 11.3. The van der Waals surface area contributed by atoms with Gasteiger partial charge in [0.05, 0.1) is 18.2 Å². The molecule has 1 saturated heterocycles. The van der Waals surface area contributed by atoms with Crippen molar-refractivity contribution in [3.63, 3.8) is 0 Å². The minimum absolute atomic E-state index is 0.0356. The highest BCUT2D eigenvalue weighted by atomic mass is 16.5. The zero-order valence-electron chi connectivity index (χ0n) is 17.8. The predicted octanol–water partition coefficient (Wildman–Crippen LogP) is 4.84. The SMILES string of the molecule is COc1c(C)cc(C)cc1/C(O)=C1\C(=O)C(=O)N(c2ccccc2)C1c1ccc(C)o1. The molecule has 1 aromatic heterocycles. The number of ketones is 1. The van der Waals surface area contributed by atoms with Gasteiger partial charge in [-0.2, -0.15) is 0 Å². The van der Waals surface area contributed by atoms with Crippen molar-refractivity contribution in [3.05, 3.63) is 88.4 Å². The molecule has 2 heterocycles. The average Bonchev–Trinajstić information content (AvgIpc) is 3.28. The van der Waals surface area contributed by atoms with Gasteiger partial charge in [-0.05, 0) is 62.2 Å².